The summed E-state index contributed by atoms with van der Waals surface area (Å²) >= 11 is 0. The number of hydrogen-bond donors (Lipinski definition) is 1. The van der Waals surface area contributed by atoms with Crippen LogP contribution in [0.1, 0.15) is 25.0 Å². The third-order valence-electron chi connectivity index (χ3n) is 3.76. The van der Waals surface area contributed by atoms with Gasteiger partial charge in [-0.3, -0.25) is 0 Å². The molecule has 1 heterocycles. The van der Waals surface area contributed by atoms with Crippen molar-refractivity contribution in [2.75, 3.05) is 26.1 Å². The third-order valence-corrected chi connectivity index (χ3v) is 3.76. The van der Waals surface area contributed by atoms with Gasteiger partial charge in [0.25, 0.3) is 0 Å². The SMILES string of the molecule is COC1CCCC1NCc1cnc(N(C)C)n1C. The van der Waals surface area contributed by atoms with E-state index in [1.807, 2.05) is 25.2 Å². The molecule has 102 valence electrons. The van der Waals surface area contributed by atoms with E-state index in [0.717, 1.165) is 12.5 Å². The second kappa shape index (κ2) is 5.71. The van der Waals surface area contributed by atoms with Gasteiger partial charge in [-0.2, -0.15) is 0 Å². The number of imidazole rings is 1. The van der Waals surface area contributed by atoms with Crippen LogP contribution in [0.15, 0.2) is 6.20 Å². The normalized spacial score (nSPS) is 23.6. The summed E-state index contributed by atoms with van der Waals surface area (Å²) in [5.74, 6) is 0.988. The summed E-state index contributed by atoms with van der Waals surface area (Å²) in [5, 5.41) is 3.59. The van der Waals surface area contributed by atoms with Gasteiger partial charge in [0, 0.05) is 40.8 Å². The summed E-state index contributed by atoms with van der Waals surface area (Å²) in [5.41, 5.74) is 1.21. The van der Waals surface area contributed by atoms with Gasteiger partial charge in [0.1, 0.15) is 0 Å². The molecule has 0 aliphatic heterocycles. The number of aromatic nitrogens is 2. The number of methoxy groups -OCH3 is 1. The Morgan fingerprint density at radius 1 is 1.50 bits per heavy atom. The van der Waals surface area contributed by atoms with Crippen molar-refractivity contribution >= 4 is 5.95 Å². The highest BCUT2D eigenvalue weighted by Gasteiger charge is 2.26. The Balaban J connectivity index is 1.94. The minimum absolute atomic E-state index is 0.367. The Morgan fingerprint density at radius 3 is 2.89 bits per heavy atom. The summed E-state index contributed by atoms with van der Waals surface area (Å²) in [6, 6.07) is 0.479. The monoisotopic (exact) mass is 252 g/mol. The average molecular weight is 252 g/mol. The minimum Gasteiger partial charge on any atom is -0.380 e. The Labute approximate surface area is 109 Å². The van der Waals surface area contributed by atoms with Crippen LogP contribution < -0.4 is 10.2 Å². The van der Waals surface area contributed by atoms with E-state index in [1.165, 1.54) is 25.0 Å². The molecule has 0 amide bonds. The summed E-state index contributed by atoms with van der Waals surface area (Å²) in [6.07, 6.45) is 5.94. The highest BCUT2D eigenvalue weighted by atomic mass is 16.5. The minimum atomic E-state index is 0.367. The van der Waals surface area contributed by atoms with Crippen LogP contribution in [0.25, 0.3) is 0 Å². The Morgan fingerprint density at radius 2 is 2.28 bits per heavy atom. The number of hydrogen-bond acceptors (Lipinski definition) is 4. The maximum absolute atomic E-state index is 5.49. The number of ether oxygens (including phenoxy) is 1. The highest BCUT2D eigenvalue weighted by Crippen LogP contribution is 2.22. The van der Waals surface area contributed by atoms with Crippen LogP contribution >= 0.6 is 0 Å². The quantitative estimate of drug-likeness (QED) is 0.853. The van der Waals surface area contributed by atoms with Crippen molar-refractivity contribution in [1.29, 1.82) is 0 Å². The van der Waals surface area contributed by atoms with Crippen molar-refractivity contribution in [3.05, 3.63) is 11.9 Å². The van der Waals surface area contributed by atoms with Gasteiger partial charge in [0.2, 0.25) is 5.95 Å². The average Bonchev–Trinajstić information content (AvgIpc) is 2.92. The van der Waals surface area contributed by atoms with Gasteiger partial charge >= 0.3 is 0 Å². The van der Waals surface area contributed by atoms with E-state index in [9.17, 15) is 0 Å². The van der Waals surface area contributed by atoms with Gasteiger partial charge in [0.05, 0.1) is 18.0 Å². The summed E-state index contributed by atoms with van der Waals surface area (Å²) in [4.78, 5) is 6.44. The fourth-order valence-corrected chi connectivity index (χ4v) is 2.69. The van der Waals surface area contributed by atoms with Crippen molar-refractivity contribution in [3.63, 3.8) is 0 Å². The molecule has 2 rings (SSSR count). The second-order valence-corrected chi connectivity index (χ2v) is 5.20. The second-order valence-electron chi connectivity index (χ2n) is 5.20. The number of nitrogens with one attached hydrogen (secondary N) is 1. The molecule has 2 atom stereocenters. The Hall–Kier alpha value is -1.07. The maximum Gasteiger partial charge on any atom is 0.204 e. The first-order valence-corrected chi connectivity index (χ1v) is 6.57. The molecular weight excluding hydrogens is 228 g/mol. The number of rotatable bonds is 5. The predicted octanol–water partition coefficient (Wildman–Crippen LogP) is 1.14. The van der Waals surface area contributed by atoms with Crippen molar-refractivity contribution in [2.45, 2.75) is 38.0 Å². The highest BCUT2D eigenvalue weighted by molar-refractivity contribution is 5.30. The molecule has 0 aromatic carbocycles. The molecule has 0 bridgehead atoms. The van der Waals surface area contributed by atoms with Crippen molar-refractivity contribution in [2.24, 2.45) is 7.05 Å². The van der Waals surface area contributed by atoms with Crippen molar-refractivity contribution in [1.82, 2.24) is 14.9 Å². The fraction of sp³-hybridized carbons (Fsp3) is 0.769. The molecule has 18 heavy (non-hydrogen) atoms. The molecule has 1 saturated carbocycles. The van der Waals surface area contributed by atoms with Crippen molar-refractivity contribution < 1.29 is 4.74 Å². The zero-order chi connectivity index (χ0) is 13.1. The van der Waals surface area contributed by atoms with Crippen LogP contribution in [0, 0.1) is 0 Å². The van der Waals surface area contributed by atoms with E-state index in [-0.39, 0.29) is 0 Å². The standard InChI is InChI=1S/C13H24N4O/c1-16(2)13-15-9-10(17(13)3)8-14-11-6-5-7-12(11)18-4/h9,11-12,14H,5-8H2,1-4H3. The molecule has 1 aliphatic rings. The zero-order valence-electron chi connectivity index (χ0n) is 11.8. The van der Waals surface area contributed by atoms with Gasteiger partial charge in [0.15, 0.2) is 0 Å². The summed E-state index contributed by atoms with van der Waals surface area (Å²) < 4.78 is 7.62. The Bertz CT molecular complexity index is 388. The topological polar surface area (TPSA) is 42.3 Å². The molecule has 0 spiro atoms. The molecular formula is C13H24N4O. The largest absolute Gasteiger partial charge is 0.380 e. The zero-order valence-corrected chi connectivity index (χ0v) is 11.8. The first-order chi connectivity index (χ1) is 8.63. The molecule has 1 aromatic rings. The smallest absolute Gasteiger partial charge is 0.204 e. The van der Waals surface area contributed by atoms with Crippen LogP contribution in [0.5, 0.6) is 0 Å². The first kappa shape index (κ1) is 13.4. The molecule has 1 fully saturated rings. The number of nitrogens with zero attached hydrogens (tertiary/aromatic N) is 3. The van der Waals surface area contributed by atoms with Crippen molar-refractivity contribution in [3.8, 4) is 0 Å². The lowest BCUT2D eigenvalue weighted by Crippen LogP contribution is -2.36. The molecule has 5 heteroatoms. The summed E-state index contributed by atoms with van der Waals surface area (Å²) in [7, 11) is 7.88. The van der Waals surface area contributed by atoms with Crippen LogP contribution in [0.3, 0.4) is 0 Å². The molecule has 1 N–H and O–H groups in total. The van der Waals surface area contributed by atoms with Gasteiger partial charge in [-0.15, -0.1) is 0 Å². The van der Waals surface area contributed by atoms with E-state index in [1.54, 1.807) is 7.11 Å². The first-order valence-electron chi connectivity index (χ1n) is 6.57. The van der Waals surface area contributed by atoms with E-state index < -0.39 is 0 Å². The van der Waals surface area contributed by atoms with Crippen LogP contribution in [-0.2, 0) is 18.3 Å². The van der Waals surface area contributed by atoms with E-state index >= 15 is 0 Å². The van der Waals surface area contributed by atoms with Crippen LogP contribution in [0.4, 0.5) is 5.95 Å². The molecule has 1 aromatic heterocycles. The van der Waals surface area contributed by atoms with Crippen LogP contribution in [0.2, 0.25) is 0 Å². The van der Waals surface area contributed by atoms with Gasteiger partial charge in [-0.1, -0.05) is 0 Å². The molecule has 2 unspecified atom stereocenters. The lowest BCUT2D eigenvalue weighted by Gasteiger charge is -2.20. The van der Waals surface area contributed by atoms with Gasteiger partial charge in [-0.25, -0.2) is 4.98 Å². The Kier molecular flexibility index (Phi) is 4.24. The lowest BCUT2D eigenvalue weighted by molar-refractivity contribution is 0.0845. The summed E-state index contributed by atoms with van der Waals surface area (Å²) in [6.45, 7) is 0.849. The van der Waals surface area contributed by atoms with E-state index in [4.69, 9.17) is 4.74 Å². The number of anilines is 1. The van der Waals surface area contributed by atoms with Gasteiger partial charge in [-0.05, 0) is 19.3 Å². The third kappa shape index (κ3) is 2.67. The van der Waals surface area contributed by atoms with E-state index in [2.05, 4.69) is 21.9 Å². The fourth-order valence-electron chi connectivity index (χ4n) is 2.69. The molecule has 0 radical (unpaired) electrons. The van der Waals surface area contributed by atoms with E-state index in [0.29, 0.717) is 12.1 Å². The predicted molar refractivity (Wildman–Crippen MR) is 72.8 cm³/mol. The maximum atomic E-state index is 5.49. The van der Waals surface area contributed by atoms with Crippen LogP contribution in [-0.4, -0.2) is 42.9 Å². The molecule has 5 nitrogen and oxygen atoms in total. The molecule has 1 aliphatic carbocycles. The molecule has 0 saturated heterocycles. The van der Waals surface area contributed by atoms with Gasteiger partial charge < -0.3 is 19.5 Å². The lowest BCUT2D eigenvalue weighted by atomic mass is 10.2.